The Bertz CT molecular complexity index is 2590. The average Bonchev–Trinajstić information content (AvgIpc) is 3.36. The van der Waals surface area contributed by atoms with Gasteiger partial charge in [0.15, 0.2) is 6.29 Å². The van der Waals surface area contributed by atoms with E-state index in [2.05, 4.69) is 33.8 Å². The summed E-state index contributed by atoms with van der Waals surface area (Å²) in [5.74, 6) is -1.21. The third-order valence-electron chi connectivity index (χ3n) is 11.9. The number of aryl methyl sites for hydroxylation is 5. The molecule has 0 spiro atoms. The Hall–Kier alpha value is -7.47. The first-order valence-electron chi connectivity index (χ1n) is 26.0. The van der Waals surface area contributed by atoms with E-state index in [1.807, 2.05) is 73.7 Å². The van der Waals surface area contributed by atoms with E-state index in [0.717, 1.165) is 116 Å². The van der Waals surface area contributed by atoms with Crippen molar-refractivity contribution in [2.75, 3.05) is 0 Å². The summed E-state index contributed by atoms with van der Waals surface area (Å²) < 4.78 is 11.8. The molecular formula is C62H78O12. The number of hydrogen-bond acceptors (Lipinski definition) is 11. The number of aromatic hydroxyl groups is 6. The molecule has 74 heavy (non-hydrogen) atoms. The molecule has 0 atom stereocenters. The molecule has 0 radical (unpaired) electrons. The SMILES string of the molecule is CCCCCc1cc(C)cc(OCc2ccccc2)c1C(=O)OCc1ccccc1.CCCCCc1cc(O)cc(O)c1.CCCCCc1cc(O)cc(O)c1C(=O)O.CCCCCc1cc(O)cc(O)c1C=O. The van der Waals surface area contributed by atoms with Crippen LogP contribution in [-0.2, 0) is 43.6 Å². The van der Waals surface area contributed by atoms with Gasteiger partial charge in [-0.1, -0.05) is 146 Å². The van der Waals surface area contributed by atoms with Gasteiger partial charge in [-0.05, 0) is 128 Å². The number of phenols is 6. The number of carbonyl (C=O) groups is 3. The van der Waals surface area contributed by atoms with E-state index in [1.165, 1.54) is 31.0 Å². The van der Waals surface area contributed by atoms with Crippen molar-refractivity contribution in [1.82, 2.24) is 0 Å². The largest absolute Gasteiger partial charge is 0.508 e. The van der Waals surface area contributed by atoms with Crippen molar-refractivity contribution >= 4 is 18.2 Å². The zero-order chi connectivity index (χ0) is 54.3. The van der Waals surface area contributed by atoms with Crippen LogP contribution >= 0.6 is 0 Å². The molecule has 0 saturated carbocycles. The van der Waals surface area contributed by atoms with Gasteiger partial charge in [0.2, 0.25) is 0 Å². The van der Waals surface area contributed by atoms with Crippen molar-refractivity contribution in [1.29, 1.82) is 0 Å². The Morgan fingerprint density at radius 1 is 0.473 bits per heavy atom. The van der Waals surface area contributed by atoms with Crippen LogP contribution in [0.1, 0.15) is 175 Å². The second-order valence-corrected chi connectivity index (χ2v) is 18.3. The first-order valence-corrected chi connectivity index (χ1v) is 26.0. The number of hydrogen-bond donors (Lipinski definition) is 7. The van der Waals surface area contributed by atoms with Crippen molar-refractivity contribution in [3.63, 3.8) is 0 Å². The standard InChI is InChI=1S/C27H30O3.C12H16O4.C12H16O3.C11H16O2/c1-3-4-7-16-24-17-21(2)18-25(29-19-22-12-8-5-9-13-22)26(24)27(28)30-20-23-14-10-6-11-15-23;1-2-3-4-5-8-6-9(13)7-10(14)11(8)12(15)16;1-2-3-4-5-9-6-10(14)7-12(15)11(9)8-13;1-2-3-4-5-9-6-10(12)8-11(13)7-9/h5-6,8-15,17-18H,3-4,7,16,19-20H2,1-2H3;6-7,13-14H,2-5H2,1H3,(H,15,16);6-8,14-15H,2-5H2,1H3;6-8,12-13H,2-5H2,1H3. The second-order valence-electron chi connectivity index (χ2n) is 18.3. The summed E-state index contributed by atoms with van der Waals surface area (Å²) in [4.78, 5) is 34.8. The summed E-state index contributed by atoms with van der Waals surface area (Å²) >= 11 is 0. The van der Waals surface area contributed by atoms with Gasteiger partial charge in [-0.15, -0.1) is 0 Å². The van der Waals surface area contributed by atoms with E-state index in [4.69, 9.17) is 14.6 Å². The highest BCUT2D eigenvalue weighted by Crippen LogP contribution is 2.31. The molecule has 6 rings (SSSR count). The molecule has 0 fully saturated rings. The molecule has 0 bridgehead atoms. The van der Waals surface area contributed by atoms with Crippen molar-refractivity contribution in [2.45, 2.75) is 151 Å². The molecule has 0 saturated heterocycles. The fraction of sp³-hybridized carbons (Fsp3) is 0.371. The van der Waals surface area contributed by atoms with Crippen LogP contribution in [0.5, 0.6) is 40.2 Å². The number of unbranched alkanes of at least 4 members (excludes halogenated alkanes) is 8. The quantitative estimate of drug-likeness (QED) is 0.0171. The highest BCUT2D eigenvalue weighted by atomic mass is 16.5. The number of aldehydes is 1. The van der Waals surface area contributed by atoms with Crippen molar-refractivity contribution < 1.29 is 59.6 Å². The first kappa shape index (κ1) is 60.8. The lowest BCUT2D eigenvalue weighted by atomic mass is 9.98. The van der Waals surface area contributed by atoms with Gasteiger partial charge >= 0.3 is 11.9 Å². The third kappa shape index (κ3) is 22.1. The summed E-state index contributed by atoms with van der Waals surface area (Å²) in [5, 5.41) is 64.8. The minimum Gasteiger partial charge on any atom is -0.508 e. The molecule has 0 amide bonds. The zero-order valence-corrected chi connectivity index (χ0v) is 43.9. The summed E-state index contributed by atoms with van der Waals surface area (Å²) in [5.41, 5.74) is 7.09. The molecule has 7 N–H and O–H groups in total. The van der Waals surface area contributed by atoms with Crippen LogP contribution in [0.2, 0.25) is 0 Å². The smallest absolute Gasteiger partial charge is 0.342 e. The van der Waals surface area contributed by atoms with Crippen molar-refractivity contribution in [3.05, 3.63) is 171 Å². The normalized spacial score (nSPS) is 10.4. The number of rotatable bonds is 24. The van der Waals surface area contributed by atoms with Crippen LogP contribution in [0, 0.1) is 6.92 Å². The van der Waals surface area contributed by atoms with Crippen LogP contribution in [0.25, 0.3) is 0 Å². The van der Waals surface area contributed by atoms with Gasteiger partial charge in [0.1, 0.15) is 64.6 Å². The summed E-state index contributed by atoms with van der Waals surface area (Å²) in [6.07, 6.45) is 16.5. The predicted molar refractivity (Wildman–Crippen MR) is 292 cm³/mol. The molecular weight excluding hydrogens is 937 g/mol. The molecule has 0 unspecified atom stereocenters. The highest BCUT2D eigenvalue weighted by molar-refractivity contribution is 5.94. The Kier molecular flexibility index (Phi) is 28.0. The van der Waals surface area contributed by atoms with Crippen LogP contribution in [0.3, 0.4) is 0 Å². The minimum atomic E-state index is -1.16. The van der Waals surface area contributed by atoms with Crippen LogP contribution in [-0.4, -0.2) is 54.0 Å². The number of carboxylic acid groups (broad SMARTS) is 1. The fourth-order valence-corrected chi connectivity index (χ4v) is 8.11. The molecule has 12 nitrogen and oxygen atoms in total. The number of esters is 1. The lowest BCUT2D eigenvalue weighted by Gasteiger charge is -2.17. The molecule has 0 heterocycles. The molecule has 0 aliphatic heterocycles. The average molecular weight is 1020 g/mol. The van der Waals surface area contributed by atoms with Gasteiger partial charge in [-0.25, -0.2) is 9.59 Å². The van der Waals surface area contributed by atoms with Gasteiger partial charge in [0.05, 0.1) is 5.56 Å². The van der Waals surface area contributed by atoms with Gasteiger partial charge in [-0.2, -0.15) is 0 Å². The van der Waals surface area contributed by atoms with Crippen LogP contribution in [0.15, 0.2) is 115 Å². The Labute approximate surface area is 437 Å². The first-order chi connectivity index (χ1) is 35.6. The molecule has 0 aromatic heterocycles. The molecule has 6 aromatic carbocycles. The molecule has 0 aliphatic rings. The zero-order valence-electron chi connectivity index (χ0n) is 43.9. The summed E-state index contributed by atoms with van der Waals surface area (Å²) in [6.45, 7) is 11.2. The minimum absolute atomic E-state index is 0.00426. The molecule has 0 aliphatic carbocycles. The Morgan fingerprint density at radius 2 is 0.919 bits per heavy atom. The highest BCUT2D eigenvalue weighted by Gasteiger charge is 2.21. The maximum Gasteiger partial charge on any atom is 0.342 e. The monoisotopic (exact) mass is 1010 g/mol. The van der Waals surface area contributed by atoms with Gasteiger partial charge in [0.25, 0.3) is 0 Å². The lowest BCUT2D eigenvalue weighted by Crippen LogP contribution is -2.12. The van der Waals surface area contributed by atoms with E-state index in [-0.39, 0.29) is 52.6 Å². The Morgan fingerprint density at radius 3 is 1.42 bits per heavy atom. The summed E-state index contributed by atoms with van der Waals surface area (Å²) in [6, 6.07) is 33.7. The molecule has 398 valence electrons. The number of carboxylic acids is 1. The van der Waals surface area contributed by atoms with Gasteiger partial charge in [-0.3, -0.25) is 4.79 Å². The maximum atomic E-state index is 13.1. The van der Waals surface area contributed by atoms with Crippen molar-refractivity contribution in [3.8, 4) is 40.2 Å². The number of aromatic carboxylic acids is 1. The number of benzene rings is 6. The van der Waals surface area contributed by atoms with E-state index in [9.17, 15) is 45.0 Å². The summed E-state index contributed by atoms with van der Waals surface area (Å²) in [7, 11) is 0. The van der Waals surface area contributed by atoms with E-state index in [0.29, 0.717) is 48.2 Å². The number of ether oxygens (including phenoxy) is 2. The van der Waals surface area contributed by atoms with Crippen LogP contribution in [0.4, 0.5) is 0 Å². The fourth-order valence-electron chi connectivity index (χ4n) is 8.11. The van der Waals surface area contributed by atoms with Crippen molar-refractivity contribution in [2.24, 2.45) is 0 Å². The topological polar surface area (TPSA) is 211 Å². The number of phenolic OH excluding ortho intramolecular Hbond substituents is 5. The number of carbonyl (C=O) groups excluding carboxylic acids is 2. The van der Waals surface area contributed by atoms with Gasteiger partial charge in [0, 0.05) is 18.2 Å². The van der Waals surface area contributed by atoms with E-state index < -0.39 is 5.97 Å². The van der Waals surface area contributed by atoms with E-state index >= 15 is 0 Å². The molecule has 12 heteroatoms. The van der Waals surface area contributed by atoms with Gasteiger partial charge < -0.3 is 45.2 Å². The maximum absolute atomic E-state index is 13.1. The lowest BCUT2D eigenvalue weighted by molar-refractivity contribution is 0.0465. The molecule has 6 aromatic rings. The van der Waals surface area contributed by atoms with E-state index in [1.54, 1.807) is 18.2 Å². The third-order valence-corrected chi connectivity index (χ3v) is 11.9. The predicted octanol–water partition coefficient (Wildman–Crippen LogP) is 14.7. The van der Waals surface area contributed by atoms with Crippen LogP contribution < -0.4 is 4.74 Å². The Balaban J connectivity index is 0.000000279. The second kappa shape index (κ2) is 34.0.